The summed E-state index contributed by atoms with van der Waals surface area (Å²) in [5.41, 5.74) is 4.60. The van der Waals surface area contributed by atoms with Crippen LogP contribution in [-0.2, 0) is 16.1 Å². The maximum absolute atomic E-state index is 12.9. The molecule has 1 unspecified atom stereocenters. The Balaban J connectivity index is 1.46. The molecule has 9 nitrogen and oxygen atoms in total. The van der Waals surface area contributed by atoms with Crippen LogP contribution in [0.15, 0.2) is 72.9 Å². The summed E-state index contributed by atoms with van der Waals surface area (Å²) in [5.74, 6) is 0.702. The second kappa shape index (κ2) is 14.2. The minimum atomic E-state index is -0.319. The molecule has 0 spiro atoms. The van der Waals surface area contributed by atoms with Crippen LogP contribution in [0, 0.1) is 18.3 Å². The number of carbonyl (C=O) groups is 1. The van der Waals surface area contributed by atoms with Crippen molar-refractivity contribution in [2.24, 2.45) is 0 Å². The number of hydrogen-bond acceptors (Lipinski definition) is 8. The van der Waals surface area contributed by atoms with Gasteiger partial charge in [-0.15, -0.1) is 0 Å². The summed E-state index contributed by atoms with van der Waals surface area (Å²) >= 11 is 6.60. The highest BCUT2D eigenvalue weighted by atomic mass is 35.5. The predicted octanol–water partition coefficient (Wildman–Crippen LogP) is 6.61. The fourth-order valence-electron chi connectivity index (χ4n) is 4.81. The van der Waals surface area contributed by atoms with Gasteiger partial charge in [0.1, 0.15) is 36.0 Å². The molecular weight excluding hydrogens is 578 g/mol. The molecule has 2 N–H and O–H groups in total. The third-order valence-electron chi connectivity index (χ3n) is 6.97. The molecular formula is C34H34ClN5O4. The van der Waals surface area contributed by atoms with Gasteiger partial charge in [-0.2, -0.15) is 5.26 Å². The van der Waals surface area contributed by atoms with Gasteiger partial charge in [0.05, 0.1) is 35.0 Å². The average Bonchev–Trinajstić information content (AvgIpc) is 3.51. The smallest absolute Gasteiger partial charge is 0.248 e. The van der Waals surface area contributed by atoms with Gasteiger partial charge in [-0.05, 0) is 56.9 Å². The van der Waals surface area contributed by atoms with E-state index in [-0.39, 0.29) is 12.0 Å². The Morgan fingerprint density at radius 3 is 2.75 bits per heavy atom. The Morgan fingerprint density at radius 2 is 2.02 bits per heavy atom. The van der Waals surface area contributed by atoms with Crippen molar-refractivity contribution < 1.29 is 19.0 Å². The van der Waals surface area contributed by atoms with Gasteiger partial charge >= 0.3 is 0 Å². The number of nitrogens with zero attached hydrogens (tertiary/aromatic N) is 3. The zero-order chi connectivity index (χ0) is 31.1. The lowest BCUT2D eigenvalue weighted by Gasteiger charge is -2.19. The van der Waals surface area contributed by atoms with Gasteiger partial charge in [0.25, 0.3) is 0 Å². The first-order valence-corrected chi connectivity index (χ1v) is 14.7. The predicted molar refractivity (Wildman–Crippen MR) is 173 cm³/mol. The van der Waals surface area contributed by atoms with Crippen LogP contribution >= 0.6 is 11.6 Å². The molecule has 1 aliphatic rings. The fourth-order valence-corrected chi connectivity index (χ4v) is 5.04. The zero-order valence-electron chi connectivity index (χ0n) is 24.9. The number of pyridine rings is 1. The number of nitrogens with one attached hydrogen (secondary N) is 2. The first-order valence-electron chi connectivity index (χ1n) is 14.3. The van der Waals surface area contributed by atoms with E-state index in [0.717, 1.165) is 17.5 Å². The second-order valence-corrected chi connectivity index (χ2v) is 11.2. The molecule has 1 saturated heterocycles. The van der Waals surface area contributed by atoms with Crippen molar-refractivity contribution in [1.29, 1.82) is 5.26 Å². The number of likely N-dealkylation sites (N-methyl/N-ethyl adjacent to an activating group) is 1. The Labute approximate surface area is 262 Å². The summed E-state index contributed by atoms with van der Waals surface area (Å²) in [7, 11) is 3.85. The van der Waals surface area contributed by atoms with Crippen LogP contribution in [0.1, 0.15) is 23.1 Å². The average molecular weight is 612 g/mol. The Kier molecular flexibility index (Phi) is 9.97. The van der Waals surface area contributed by atoms with Crippen molar-refractivity contribution >= 4 is 45.5 Å². The van der Waals surface area contributed by atoms with Crippen LogP contribution in [0.25, 0.3) is 10.9 Å². The highest BCUT2D eigenvalue weighted by molar-refractivity contribution is 6.32. The van der Waals surface area contributed by atoms with Gasteiger partial charge in [-0.3, -0.25) is 9.78 Å². The van der Waals surface area contributed by atoms with Crippen molar-refractivity contribution in [3.63, 3.8) is 0 Å². The van der Waals surface area contributed by atoms with E-state index in [2.05, 4.69) is 27.8 Å². The Hall–Kier alpha value is -4.62. The summed E-state index contributed by atoms with van der Waals surface area (Å²) in [4.78, 5) is 19.5. The lowest BCUT2D eigenvalue weighted by Crippen LogP contribution is -2.18. The van der Waals surface area contributed by atoms with Crippen LogP contribution in [0.5, 0.6) is 11.5 Å². The number of aryl methyl sites for hydroxylation is 1. The molecule has 10 heteroatoms. The SMILES string of the molecule is Cc1cccc(COc2ccc(Nc3c(C#N)cnc4c(NC(=O)/C=C/CN(C)C)c(OC5CCOC5)ccc34)cc2Cl)c1. The Bertz CT molecular complexity index is 1730. The van der Waals surface area contributed by atoms with Crippen molar-refractivity contribution in [2.45, 2.75) is 26.1 Å². The molecule has 1 atom stereocenters. The number of aromatic nitrogens is 1. The van der Waals surface area contributed by atoms with E-state index in [1.807, 2.05) is 56.3 Å². The van der Waals surface area contributed by atoms with E-state index in [1.54, 1.807) is 24.3 Å². The molecule has 0 aliphatic carbocycles. The summed E-state index contributed by atoms with van der Waals surface area (Å²) < 4.78 is 17.7. The van der Waals surface area contributed by atoms with Gasteiger partial charge in [0, 0.05) is 36.3 Å². The van der Waals surface area contributed by atoms with Gasteiger partial charge in [0.15, 0.2) is 0 Å². The van der Waals surface area contributed by atoms with Crippen molar-refractivity contribution in [3.05, 3.63) is 94.7 Å². The number of fused-ring (bicyclic) bond motifs is 1. The number of nitriles is 1. The number of rotatable bonds is 11. The van der Waals surface area contributed by atoms with Crippen molar-refractivity contribution in [3.8, 4) is 17.6 Å². The molecule has 1 aromatic heterocycles. The topological polar surface area (TPSA) is 109 Å². The number of carbonyl (C=O) groups excluding carboxylic acids is 1. The first-order chi connectivity index (χ1) is 21.3. The number of ether oxygens (including phenoxy) is 3. The maximum Gasteiger partial charge on any atom is 0.248 e. The zero-order valence-corrected chi connectivity index (χ0v) is 25.6. The van der Waals surface area contributed by atoms with Gasteiger partial charge < -0.3 is 29.7 Å². The van der Waals surface area contributed by atoms with Crippen LogP contribution in [0.4, 0.5) is 17.1 Å². The minimum Gasteiger partial charge on any atom is -0.487 e. The number of anilines is 3. The van der Waals surface area contributed by atoms with Crippen LogP contribution in [-0.4, -0.2) is 55.7 Å². The van der Waals surface area contributed by atoms with Gasteiger partial charge in [0.2, 0.25) is 5.91 Å². The molecule has 5 rings (SSSR count). The van der Waals surface area contributed by atoms with Crippen LogP contribution in [0.2, 0.25) is 5.02 Å². The van der Waals surface area contributed by atoms with Crippen molar-refractivity contribution in [1.82, 2.24) is 9.88 Å². The standard InChI is InChI=1S/C34H34ClN5O4/c1-22-6-4-7-23(16-22)20-43-29-11-9-25(17-28(29)35)38-32-24(18-36)19-37-33-27(32)10-12-30(44-26-13-15-42-21-26)34(33)39-31(41)8-5-14-40(2)3/h4-12,16-17,19,26H,13-15,20-21H2,1-3H3,(H,37,38)(H,39,41)/b8-5+. The van der Waals surface area contributed by atoms with E-state index in [9.17, 15) is 10.1 Å². The molecule has 1 aliphatic heterocycles. The molecule has 4 aromatic rings. The number of benzene rings is 3. The third kappa shape index (κ3) is 7.66. The highest BCUT2D eigenvalue weighted by Gasteiger charge is 2.22. The minimum absolute atomic E-state index is 0.142. The normalized spacial score (nSPS) is 14.6. The molecule has 0 saturated carbocycles. The van der Waals surface area contributed by atoms with Crippen LogP contribution in [0.3, 0.4) is 0 Å². The summed E-state index contributed by atoms with van der Waals surface area (Å²) in [6.07, 6.45) is 5.34. The number of amides is 1. The maximum atomic E-state index is 12.9. The monoisotopic (exact) mass is 611 g/mol. The van der Waals surface area contributed by atoms with E-state index in [0.29, 0.717) is 76.4 Å². The van der Waals surface area contributed by atoms with Gasteiger partial charge in [-0.25, -0.2) is 0 Å². The molecule has 226 valence electrons. The quantitative estimate of drug-likeness (QED) is 0.182. The molecule has 44 heavy (non-hydrogen) atoms. The Morgan fingerprint density at radius 1 is 1.18 bits per heavy atom. The van der Waals surface area contributed by atoms with E-state index >= 15 is 0 Å². The molecule has 0 radical (unpaired) electrons. The molecule has 1 amide bonds. The lowest BCUT2D eigenvalue weighted by molar-refractivity contribution is -0.111. The second-order valence-electron chi connectivity index (χ2n) is 10.8. The lowest BCUT2D eigenvalue weighted by atomic mass is 10.1. The van der Waals surface area contributed by atoms with E-state index in [1.165, 1.54) is 12.3 Å². The van der Waals surface area contributed by atoms with Crippen LogP contribution < -0.4 is 20.1 Å². The largest absolute Gasteiger partial charge is 0.487 e. The summed E-state index contributed by atoms with van der Waals surface area (Å²) in [6, 6.07) is 19.3. The van der Waals surface area contributed by atoms with Crippen molar-refractivity contribution in [2.75, 3.05) is 44.5 Å². The number of hydrogen-bond donors (Lipinski definition) is 2. The number of halogens is 1. The first kappa shape index (κ1) is 30.8. The molecule has 0 bridgehead atoms. The highest BCUT2D eigenvalue weighted by Crippen LogP contribution is 2.39. The summed E-state index contributed by atoms with van der Waals surface area (Å²) in [6.45, 7) is 4.12. The third-order valence-corrected chi connectivity index (χ3v) is 7.26. The summed E-state index contributed by atoms with van der Waals surface area (Å²) in [5, 5.41) is 17.3. The molecule has 2 heterocycles. The van der Waals surface area contributed by atoms with Gasteiger partial charge in [-0.1, -0.05) is 47.5 Å². The fraction of sp³-hybridized carbons (Fsp3) is 0.265. The van der Waals surface area contributed by atoms with E-state index < -0.39 is 0 Å². The van der Waals surface area contributed by atoms with E-state index in [4.69, 9.17) is 25.8 Å². The molecule has 1 fully saturated rings. The molecule has 3 aromatic carbocycles.